The Kier molecular flexibility index (Phi) is 9.77. The molecule has 0 aromatic heterocycles. The van der Waals surface area contributed by atoms with Crippen LogP contribution < -0.4 is 9.80 Å². The van der Waals surface area contributed by atoms with Crippen LogP contribution in [-0.4, -0.2) is 21.2 Å². The van der Waals surface area contributed by atoms with E-state index in [0.29, 0.717) is 0 Å². The van der Waals surface area contributed by atoms with Crippen LogP contribution in [0.3, 0.4) is 0 Å². The van der Waals surface area contributed by atoms with E-state index in [0.717, 1.165) is 13.1 Å². The Morgan fingerprint density at radius 2 is 1.21 bits per heavy atom. The van der Waals surface area contributed by atoms with Gasteiger partial charge in [0.1, 0.15) is 6.10 Å². The fourth-order valence-electron chi connectivity index (χ4n) is 4.83. The van der Waals surface area contributed by atoms with Crippen LogP contribution in [0.25, 0.3) is 6.08 Å². The molecule has 0 bridgehead atoms. The maximum atomic E-state index is 5.84. The maximum absolute atomic E-state index is 5.84. The zero-order chi connectivity index (χ0) is 27.6. The van der Waals surface area contributed by atoms with Gasteiger partial charge in [-0.25, -0.2) is 0 Å². The third-order valence-corrected chi connectivity index (χ3v) is 7.15. The molecule has 39 heavy (non-hydrogen) atoms. The minimum absolute atomic E-state index is 0.0989. The fourth-order valence-corrected chi connectivity index (χ4v) is 4.83. The predicted molar refractivity (Wildman–Crippen MR) is 167 cm³/mol. The highest BCUT2D eigenvalue weighted by molar-refractivity contribution is 5.61. The number of rotatable bonds is 11. The molecule has 3 nitrogen and oxygen atoms in total. The molecule has 4 aromatic rings. The minimum Gasteiger partial charge on any atom is -0.373 e. The summed E-state index contributed by atoms with van der Waals surface area (Å²) >= 11 is 0. The largest absolute Gasteiger partial charge is 0.373 e. The number of nitrogens with zero attached hydrogens (tertiary/aromatic N) is 2. The normalized spacial score (nSPS) is 12.2. The summed E-state index contributed by atoms with van der Waals surface area (Å²) in [7, 11) is 6.04. The number of hydrogen-bond donors (Lipinski definition) is 0. The molecule has 0 aliphatic carbocycles. The minimum atomic E-state index is -0.0989. The smallest absolute Gasteiger partial charge is 0.101 e. The second kappa shape index (κ2) is 13.6. The van der Waals surface area contributed by atoms with Gasteiger partial charge in [-0.05, 0) is 71.5 Å². The summed E-state index contributed by atoms with van der Waals surface area (Å²) in [5.41, 5.74) is 9.90. The van der Waals surface area contributed by atoms with Crippen molar-refractivity contribution in [1.29, 1.82) is 0 Å². The molecule has 3 heteroatoms. The number of ether oxygens (including phenoxy) is 1. The van der Waals surface area contributed by atoms with Gasteiger partial charge in [0.15, 0.2) is 0 Å². The standard InChI is InChI=1S/C36H40N2O/c1-28-24-33(37(3)26-30-14-8-6-9-15-30)21-20-32(28)18-12-13-19-36(39-5)35-23-22-34(25-29(35)2)38(4)27-31-16-10-7-11-17-31/h6-25,36H,26-27H2,1-5H3. The third kappa shape index (κ3) is 7.72. The second-order valence-electron chi connectivity index (χ2n) is 10.2. The Morgan fingerprint density at radius 3 is 1.72 bits per heavy atom. The average molecular weight is 517 g/mol. The number of hydrogen-bond acceptors (Lipinski definition) is 3. The van der Waals surface area contributed by atoms with Crippen molar-refractivity contribution in [2.75, 3.05) is 31.0 Å². The highest BCUT2D eigenvalue weighted by Crippen LogP contribution is 2.27. The van der Waals surface area contributed by atoms with Crippen molar-refractivity contribution in [1.82, 2.24) is 0 Å². The summed E-state index contributed by atoms with van der Waals surface area (Å²) in [6.45, 7) is 6.09. The Morgan fingerprint density at radius 1 is 0.667 bits per heavy atom. The van der Waals surface area contributed by atoms with E-state index in [1.54, 1.807) is 7.11 Å². The van der Waals surface area contributed by atoms with E-state index < -0.39 is 0 Å². The molecule has 4 aromatic carbocycles. The van der Waals surface area contributed by atoms with Gasteiger partial charge in [0.25, 0.3) is 0 Å². The monoisotopic (exact) mass is 516 g/mol. The first-order chi connectivity index (χ1) is 18.9. The Labute approximate surface area is 234 Å². The SMILES string of the molecule is COC(C=CC=Cc1ccc(N(C)Cc2ccccc2)cc1C)c1ccc(N(C)Cc2ccccc2)cc1C. The highest BCUT2D eigenvalue weighted by atomic mass is 16.5. The van der Waals surface area contributed by atoms with E-state index >= 15 is 0 Å². The maximum Gasteiger partial charge on any atom is 0.101 e. The number of anilines is 2. The van der Waals surface area contributed by atoms with Crippen LogP contribution in [0.1, 0.15) is 39.5 Å². The third-order valence-electron chi connectivity index (χ3n) is 7.15. The Bertz CT molecular complexity index is 1390. The lowest BCUT2D eigenvalue weighted by molar-refractivity contribution is 0.142. The lowest BCUT2D eigenvalue weighted by atomic mass is 10.0. The topological polar surface area (TPSA) is 15.7 Å². The molecule has 0 spiro atoms. The summed E-state index contributed by atoms with van der Waals surface area (Å²) in [4.78, 5) is 4.56. The Balaban J connectivity index is 1.38. The van der Waals surface area contributed by atoms with Crippen LogP contribution in [0.5, 0.6) is 0 Å². The summed E-state index contributed by atoms with van der Waals surface area (Å²) in [6.07, 6.45) is 8.35. The molecule has 0 aliphatic heterocycles. The van der Waals surface area contributed by atoms with Gasteiger partial charge in [-0.3, -0.25) is 0 Å². The van der Waals surface area contributed by atoms with Gasteiger partial charge < -0.3 is 14.5 Å². The van der Waals surface area contributed by atoms with Crippen molar-refractivity contribution < 1.29 is 4.74 Å². The molecule has 0 N–H and O–H groups in total. The molecule has 0 aliphatic rings. The second-order valence-corrected chi connectivity index (χ2v) is 10.2. The number of benzene rings is 4. The van der Waals surface area contributed by atoms with Crippen molar-refractivity contribution in [3.05, 3.63) is 149 Å². The van der Waals surface area contributed by atoms with E-state index in [1.807, 2.05) is 0 Å². The molecule has 1 unspecified atom stereocenters. The van der Waals surface area contributed by atoms with Crippen molar-refractivity contribution >= 4 is 17.5 Å². The van der Waals surface area contributed by atoms with E-state index in [-0.39, 0.29) is 6.10 Å². The molecule has 1 atom stereocenters. The van der Waals surface area contributed by atoms with Gasteiger partial charge in [0.2, 0.25) is 0 Å². The van der Waals surface area contributed by atoms with Crippen molar-refractivity contribution in [3.8, 4) is 0 Å². The van der Waals surface area contributed by atoms with Gasteiger partial charge in [0.05, 0.1) is 0 Å². The van der Waals surface area contributed by atoms with Crippen LogP contribution >= 0.6 is 0 Å². The molecule has 0 heterocycles. The highest BCUT2D eigenvalue weighted by Gasteiger charge is 2.12. The molecule has 0 saturated heterocycles. The number of aryl methyl sites for hydroxylation is 2. The molecule has 200 valence electrons. The lowest BCUT2D eigenvalue weighted by Crippen LogP contribution is -2.16. The molecule has 4 rings (SSSR count). The fraction of sp³-hybridized carbons (Fsp3) is 0.222. The zero-order valence-electron chi connectivity index (χ0n) is 23.8. The van der Waals surface area contributed by atoms with Crippen LogP contribution in [0, 0.1) is 13.8 Å². The Hall–Kier alpha value is -4.08. The molecular formula is C36H40N2O. The van der Waals surface area contributed by atoms with Gasteiger partial charge in [-0.15, -0.1) is 0 Å². The van der Waals surface area contributed by atoms with Crippen LogP contribution in [0.15, 0.2) is 115 Å². The quantitative estimate of drug-likeness (QED) is 0.186. The molecule has 0 fully saturated rings. The van der Waals surface area contributed by atoms with Gasteiger partial charge >= 0.3 is 0 Å². The van der Waals surface area contributed by atoms with Gasteiger partial charge in [-0.2, -0.15) is 0 Å². The number of methoxy groups -OCH3 is 1. The first kappa shape index (κ1) is 27.9. The first-order valence-electron chi connectivity index (χ1n) is 13.5. The van der Waals surface area contributed by atoms with E-state index in [4.69, 9.17) is 4.74 Å². The molecular weight excluding hydrogens is 476 g/mol. The molecule has 0 radical (unpaired) electrons. The van der Waals surface area contributed by atoms with Crippen molar-refractivity contribution in [3.63, 3.8) is 0 Å². The van der Waals surface area contributed by atoms with Crippen molar-refractivity contribution in [2.24, 2.45) is 0 Å². The lowest BCUT2D eigenvalue weighted by Gasteiger charge is -2.22. The van der Waals surface area contributed by atoms with Gasteiger partial charge in [-0.1, -0.05) is 97.1 Å². The molecule has 0 saturated carbocycles. The van der Waals surface area contributed by atoms with E-state index in [9.17, 15) is 0 Å². The molecule has 0 amide bonds. The summed E-state index contributed by atoms with van der Waals surface area (Å²) < 4.78 is 5.84. The van der Waals surface area contributed by atoms with Crippen LogP contribution in [-0.2, 0) is 17.8 Å². The van der Waals surface area contributed by atoms with E-state index in [1.165, 1.54) is 44.8 Å². The van der Waals surface area contributed by atoms with Crippen molar-refractivity contribution in [2.45, 2.75) is 33.0 Å². The number of allylic oxidation sites excluding steroid dienone is 2. The first-order valence-corrected chi connectivity index (χ1v) is 13.5. The summed E-state index contributed by atoms with van der Waals surface area (Å²) in [6, 6.07) is 34.4. The predicted octanol–water partition coefficient (Wildman–Crippen LogP) is 8.53. The van der Waals surface area contributed by atoms with E-state index in [2.05, 4.69) is 159 Å². The van der Waals surface area contributed by atoms with Crippen LogP contribution in [0.2, 0.25) is 0 Å². The van der Waals surface area contributed by atoms with Gasteiger partial charge in [0, 0.05) is 45.7 Å². The summed E-state index contributed by atoms with van der Waals surface area (Å²) in [5, 5.41) is 0. The zero-order valence-corrected chi connectivity index (χ0v) is 23.8. The van der Waals surface area contributed by atoms with Crippen LogP contribution in [0.4, 0.5) is 11.4 Å². The summed E-state index contributed by atoms with van der Waals surface area (Å²) in [5.74, 6) is 0. The average Bonchev–Trinajstić information content (AvgIpc) is 2.95.